The first-order valence-electron chi connectivity index (χ1n) is 7.64. The topological polar surface area (TPSA) is 72.3 Å². The Labute approximate surface area is 135 Å². The fourth-order valence-electron chi connectivity index (χ4n) is 3.10. The summed E-state index contributed by atoms with van der Waals surface area (Å²) < 4.78 is 0.969. The van der Waals surface area contributed by atoms with E-state index in [2.05, 4.69) is 27.8 Å². The van der Waals surface area contributed by atoms with Crippen LogP contribution in [0.3, 0.4) is 0 Å². The van der Waals surface area contributed by atoms with E-state index in [1.54, 1.807) is 6.07 Å². The van der Waals surface area contributed by atoms with Crippen LogP contribution in [0, 0.1) is 0 Å². The van der Waals surface area contributed by atoms with Gasteiger partial charge in [0.25, 0.3) is 5.91 Å². The monoisotopic (exact) mass is 353 g/mol. The summed E-state index contributed by atoms with van der Waals surface area (Å²) in [4.78, 5) is 14.1. The molecule has 5 heteroatoms. The molecule has 1 aliphatic rings. The summed E-state index contributed by atoms with van der Waals surface area (Å²) in [5.74, 6) is -0.369. The number of benzene rings is 1. The van der Waals surface area contributed by atoms with Crippen molar-refractivity contribution >= 4 is 27.5 Å². The van der Waals surface area contributed by atoms with Gasteiger partial charge in [0.15, 0.2) is 0 Å². The van der Waals surface area contributed by atoms with E-state index < -0.39 is 0 Å². The van der Waals surface area contributed by atoms with Gasteiger partial charge in [-0.1, -0.05) is 22.9 Å². The number of primary amides is 1. The number of hydrogen-bond acceptors (Lipinski definition) is 3. The fourth-order valence-corrected chi connectivity index (χ4v) is 3.45. The smallest absolute Gasteiger partial charge is 0.250 e. The molecule has 4 N–H and O–H groups in total. The Morgan fingerprint density at radius 3 is 2.57 bits per heavy atom. The average Bonchev–Trinajstić information content (AvgIpc) is 2.45. The van der Waals surface area contributed by atoms with Crippen molar-refractivity contribution in [1.29, 1.82) is 0 Å². The van der Waals surface area contributed by atoms with Gasteiger partial charge in [0.2, 0.25) is 0 Å². The zero-order chi connectivity index (χ0) is 15.4. The number of carbonyl (C=O) groups excluding carboxylic acids is 1. The number of nitrogens with two attached hydrogens (primary N) is 2. The van der Waals surface area contributed by atoms with E-state index in [1.165, 1.54) is 0 Å². The van der Waals surface area contributed by atoms with Gasteiger partial charge in [-0.3, -0.25) is 4.79 Å². The lowest BCUT2D eigenvalue weighted by atomic mass is 9.90. The maximum absolute atomic E-state index is 11.7. The highest BCUT2D eigenvalue weighted by atomic mass is 79.9. The molecule has 1 saturated carbocycles. The lowest BCUT2D eigenvalue weighted by molar-refractivity contribution is 0.100. The van der Waals surface area contributed by atoms with E-state index in [4.69, 9.17) is 11.5 Å². The Kier molecular flexibility index (Phi) is 5.65. The molecule has 0 aromatic heterocycles. The molecule has 1 aliphatic carbocycles. The van der Waals surface area contributed by atoms with Gasteiger partial charge in [-0.05, 0) is 50.3 Å². The van der Waals surface area contributed by atoms with Crippen molar-refractivity contribution in [3.05, 3.63) is 28.2 Å². The van der Waals surface area contributed by atoms with Crippen molar-refractivity contribution in [1.82, 2.24) is 0 Å². The van der Waals surface area contributed by atoms with Crippen LogP contribution < -0.4 is 16.4 Å². The largest absolute Gasteiger partial charge is 0.368 e. The number of carbonyl (C=O) groups is 1. The van der Waals surface area contributed by atoms with Crippen LogP contribution in [-0.4, -0.2) is 24.5 Å². The van der Waals surface area contributed by atoms with Crippen LogP contribution >= 0.6 is 15.9 Å². The molecule has 2 rings (SSSR count). The van der Waals surface area contributed by atoms with Crippen LogP contribution in [0.15, 0.2) is 22.7 Å². The molecular formula is C16H24BrN3O. The molecule has 1 fully saturated rings. The molecule has 0 saturated heterocycles. The van der Waals surface area contributed by atoms with E-state index >= 15 is 0 Å². The van der Waals surface area contributed by atoms with Crippen LogP contribution in [0.25, 0.3) is 0 Å². The van der Waals surface area contributed by atoms with Crippen molar-refractivity contribution in [2.24, 2.45) is 11.5 Å². The van der Waals surface area contributed by atoms with Crippen LogP contribution in [0.4, 0.5) is 5.69 Å². The summed E-state index contributed by atoms with van der Waals surface area (Å²) in [7, 11) is 0. The Balaban J connectivity index is 2.33. The van der Waals surface area contributed by atoms with Gasteiger partial charge < -0.3 is 16.4 Å². The Morgan fingerprint density at radius 2 is 2.00 bits per heavy atom. The SMILES string of the molecule is CCCN(c1cc(Br)ccc1C(N)=O)C1CCC(N)CC1. The minimum atomic E-state index is -0.369. The van der Waals surface area contributed by atoms with Gasteiger partial charge in [0.1, 0.15) is 0 Å². The molecule has 0 heterocycles. The van der Waals surface area contributed by atoms with Crippen LogP contribution in [0.1, 0.15) is 49.4 Å². The van der Waals surface area contributed by atoms with Crippen molar-refractivity contribution in [3.8, 4) is 0 Å². The summed E-state index contributed by atoms with van der Waals surface area (Å²) in [5, 5.41) is 0. The molecule has 4 nitrogen and oxygen atoms in total. The molecule has 0 radical (unpaired) electrons. The van der Waals surface area contributed by atoms with Crippen molar-refractivity contribution in [2.45, 2.75) is 51.1 Å². The highest BCUT2D eigenvalue weighted by Crippen LogP contribution is 2.31. The van der Waals surface area contributed by atoms with E-state index in [0.717, 1.165) is 48.8 Å². The van der Waals surface area contributed by atoms with Crippen LogP contribution in [0.2, 0.25) is 0 Å². The molecule has 0 unspecified atom stereocenters. The van der Waals surface area contributed by atoms with E-state index in [0.29, 0.717) is 17.6 Å². The second-order valence-electron chi connectivity index (χ2n) is 5.79. The lowest BCUT2D eigenvalue weighted by Gasteiger charge is -2.38. The van der Waals surface area contributed by atoms with E-state index in [9.17, 15) is 4.79 Å². The van der Waals surface area contributed by atoms with Gasteiger partial charge in [-0.2, -0.15) is 0 Å². The zero-order valence-corrected chi connectivity index (χ0v) is 14.1. The van der Waals surface area contributed by atoms with Crippen LogP contribution in [-0.2, 0) is 0 Å². The molecule has 21 heavy (non-hydrogen) atoms. The second kappa shape index (κ2) is 7.27. The molecule has 1 aromatic rings. The number of anilines is 1. The summed E-state index contributed by atoms with van der Waals surface area (Å²) in [6, 6.07) is 6.44. The van der Waals surface area contributed by atoms with Crippen molar-refractivity contribution in [2.75, 3.05) is 11.4 Å². The highest BCUT2D eigenvalue weighted by Gasteiger charge is 2.26. The molecule has 0 aliphatic heterocycles. The molecule has 0 spiro atoms. The number of halogens is 1. The third kappa shape index (κ3) is 3.98. The summed E-state index contributed by atoms with van der Waals surface area (Å²) in [5.41, 5.74) is 13.1. The highest BCUT2D eigenvalue weighted by molar-refractivity contribution is 9.10. The number of hydrogen-bond donors (Lipinski definition) is 2. The minimum Gasteiger partial charge on any atom is -0.368 e. The summed E-state index contributed by atoms with van der Waals surface area (Å²) >= 11 is 3.50. The standard InChI is InChI=1S/C16H24BrN3O/c1-2-9-20(13-6-4-12(18)5-7-13)15-10-11(17)3-8-14(15)16(19)21/h3,8,10,12-13H,2,4-7,9,18H2,1H3,(H2,19,21). The molecular weight excluding hydrogens is 330 g/mol. The predicted molar refractivity (Wildman–Crippen MR) is 90.5 cm³/mol. The van der Waals surface area contributed by atoms with Gasteiger partial charge in [-0.25, -0.2) is 0 Å². The minimum absolute atomic E-state index is 0.322. The summed E-state index contributed by atoms with van der Waals surface area (Å²) in [6.07, 6.45) is 5.28. The van der Waals surface area contributed by atoms with Gasteiger partial charge >= 0.3 is 0 Å². The second-order valence-corrected chi connectivity index (χ2v) is 6.70. The molecule has 1 amide bonds. The Hall–Kier alpha value is -1.07. The number of amides is 1. The maximum atomic E-state index is 11.7. The fraction of sp³-hybridized carbons (Fsp3) is 0.562. The first-order chi connectivity index (χ1) is 10.0. The first kappa shape index (κ1) is 16.3. The van der Waals surface area contributed by atoms with Crippen molar-refractivity contribution < 1.29 is 4.79 Å². The van der Waals surface area contributed by atoms with Gasteiger partial charge in [0, 0.05) is 23.1 Å². The Bertz CT molecular complexity index is 498. The number of rotatable bonds is 5. The molecule has 1 aromatic carbocycles. The summed E-state index contributed by atoms with van der Waals surface area (Å²) in [6.45, 7) is 3.08. The third-order valence-corrected chi connectivity index (χ3v) is 4.67. The quantitative estimate of drug-likeness (QED) is 0.854. The lowest BCUT2D eigenvalue weighted by Crippen LogP contribution is -2.42. The first-order valence-corrected chi connectivity index (χ1v) is 8.43. The van der Waals surface area contributed by atoms with Crippen molar-refractivity contribution in [3.63, 3.8) is 0 Å². The molecule has 116 valence electrons. The van der Waals surface area contributed by atoms with Gasteiger partial charge in [0.05, 0.1) is 11.3 Å². The normalized spacial score (nSPS) is 22.0. The molecule has 0 atom stereocenters. The zero-order valence-electron chi connectivity index (χ0n) is 12.5. The molecule has 0 bridgehead atoms. The van der Waals surface area contributed by atoms with E-state index in [1.807, 2.05) is 12.1 Å². The Morgan fingerprint density at radius 1 is 1.33 bits per heavy atom. The van der Waals surface area contributed by atoms with Crippen LogP contribution in [0.5, 0.6) is 0 Å². The van der Waals surface area contributed by atoms with Gasteiger partial charge in [-0.15, -0.1) is 0 Å². The van der Waals surface area contributed by atoms with E-state index in [-0.39, 0.29) is 5.91 Å². The third-order valence-electron chi connectivity index (χ3n) is 4.18. The number of nitrogens with zero attached hydrogens (tertiary/aromatic N) is 1. The maximum Gasteiger partial charge on any atom is 0.250 e. The predicted octanol–water partition coefficient (Wildman–Crippen LogP) is 3.03. The average molecular weight is 354 g/mol.